The first kappa shape index (κ1) is 12.9. The van der Waals surface area contributed by atoms with Crippen LogP contribution < -0.4 is 0 Å². The van der Waals surface area contributed by atoms with Crippen molar-refractivity contribution < 1.29 is 14.8 Å². The van der Waals surface area contributed by atoms with Crippen LogP contribution in [0.25, 0.3) is 10.4 Å². The molecule has 0 heterocycles. The second kappa shape index (κ2) is 5.28. The van der Waals surface area contributed by atoms with E-state index in [0.29, 0.717) is 0 Å². The van der Waals surface area contributed by atoms with Gasteiger partial charge in [-0.15, -0.1) is 0 Å². The number of azide groups is 1. The fourth-order valence-corrected chi connectivity index (χ4v) is 1.64. The Morgan fingerprint density at radius 2 is 2.29 bits per heavy atom. The van der Waals surface area contributed by atoms with Gasteiger partial charge in [0.25, 0.3) is 0 Å². The molecule has 0 aliphatic rings. The monoisotopic (exact) mass is 300 g/mol. The minimum absolute atomic E-state index is 0.0930. The van der Waals surface area contributed by atoms with E-state index in [2.05, 4.69) is 26.0 Å². The Morgan fingerprint density at radius 1 is 1.65 bits per heavy atom. The molecule has 1 rings (SSSR count). The first-order valence-corrected chi connectivity index (χ1v) is 4.98. The molecule has 0 aliphatic carbocycles. The van der Waals surface area contributed by atoms with Crippen molar-refractivity contribution >= 4 is 27.5 Å². The highest BCUT2D eigenvalue weighted by Crippen LogP contribution is 2.35. The summed E-state index contributed by atoms with van der Waals surface area (Å²) in [5, 5.41) is 22.8. The normalized spacial score (nSPS) is 9.47. The SMILES string of the molecule is [N-]=[N+]=NC(=O)Cc1cc(Br)c(O)c([N+](=O)[O-])c1. The smallest absolute Gasteiger partial charge is 0.312 e. The third-order valence-corrected chi connectivity index (χ3v) is 2.42. The van der Waals surface area contributed by atoms with Crippen LogP contribution in [0.2, 0.25) is 0 Å². The van der Waals surface area contributed by atoms with Crippen LogP contribution in [-0.2, 0) is 11.2 Å². The summed E-state index contributed by atoms with van der Waals surface area (Å²) >= 11 is 2.92. The lowest BCUT2D eigenvalue weighted by atomic mass is 10.1. The van der Waals surface area contributed by atoms with Crippen LogP contribution in [0, 0.1) is 10.1 Å². The number of hydrogen-bond acceptors (Lipinski definition) is 4. The lowest BCUT2D eigenvalue weighted by Gasteiger charge is -2.02. The molecule has 0 aromatic heterocycles. The van der Waals surface area contributed by atoms with Crippen LogP contribution in [0.1, 0.15) is 5.56 Å². The summed E-state index contributed by atoms with van der Waals surface area (Å²) in [6.45, 7) is 0. The van der Waals surface area contributed by atoms with E-state index >= 15 is 0 Å². The zero-order valence-corrected chi connectivity index (χ0v) is 9.79. The largest absolute Gasteiger partial charge is 0.501 e. The topological polar surface area (TPSA) is 129 Å². The molecule has 17 heavy (non-hydrogen) atoms. The van der Waals surface area contributed by atoms with Crippen LogP contribution in [0.3, 0.4) is 0 Å². The minimum Gasteiger partial charge on any atom is -0.501 e. The maximum Gasteiger partial charge on any atom is 0.312 e. The van der Waals surface area contributed by atoms with Gasteiger partial charge in [0.15, 0.2) is 0 Å². The molecule has 0 spiro atoms. The Morgan fingerprint density at radius 3 is 2.82 bits per heavy atom. The van der Waals surface area contributed by atoms with Crippen molar-refractivity contribution in [2.24, 2.45) is 5.11 Å². The third kappa shape index (κ3) is 3.16. The van der Waals surface area contributed by atoms with Crippen molar-refractivity contribution in [1.29, 1.82) is 0 Å². The van der Waals surface area contributed by atoms with Gasteiger partial charge in [0, 0.05) is 17.4 Å². The molecule has 0 bridgehead atoms. The van der Waals surface area contributed by atoms with E-state index in [1.807, 2.05) is 0 Å². The van der Waals surface area contributed by atoms with Crippen LogP contribution in [0.4, 0.5) is 5.69 Å². The number of benzene rings is 1. The summed E-state index contributed by atoms with van der Waals surface area (Å²) < 4.78 is 0.0930. The van der Waals surface area contributed by atoms with E-state index in [4.69, 9.17) is 5.53 Å². The Kier molecular flexibility index (Phi) is 4.02. The van der Waals surface area contributed by atoms with Gasteiger partial charge in [0.1, 0.15) is 0 Å². The molecule has 0 fully saturated rings. The van der Waals surface area contributed by atoms with Gasteiger partial charge >= 0.3 is 5.69 Å². The fourth-order valence-electron chi connectivity index (χ4n) is 1.14. The van der Waals surface area contributed by atoms with Gasteiger partial charge in [0.2, 0.25) is 11.7 Å². The van der Waals surface area contributed by atoms with Crippen LogP contribution in [0.15, 0.2) is 21.7 Å². The van der Waals surface area contributed by atoms with E-state index in [9.17, 15) is 20.0 Å². The average molecular weight is 301 g/mol. The van der Waals surface area contributed by atoms with E-state index in [1.54, 1.807) is 0 Å². The molecule has 1 aromatic rings. The van der Waals surface area contributed by atoms with Crippen molar-refractivity contribution in [3.8, 4) is 5.75 Å². The summed E-state index contributed by atoms with van der Waals surface area (Å²) in [4.78, 5) is 23.2. The number of halogens is 1. The van der Waals surface area contributed by atoms with Crippen LogP contribution >= 0.6 is 15.9 Å². The quantitative estimate of drug-likeness (QED) is 0.302. The lowest BCUT2D eigenvalue weighted by molar-refractivity contribution is -0.386. The second-order valence-electron chi connectivity index (χ2n) is 2.96. The summed E-state index contributed by atoms with van der Waals surface area (Å²) in [5.41, 5.74) is 7.77. The second-order valence-corrected chi connectivity index (χ2v) is 3.82. The number of aromatic hydroxyl groups is 1. The van der Waals surface area contributed by atoms with Crippen molar-refractivity contribution in [3.05, 3.63) is 42.7 Å². The van der Waals surface area contributed by atoms with E-state index in [1.165, 1.54) is 6.07 Å². The molecular formula is C8H5BrN4O4. The predicted octanol–water partition coefficient (Wildman–Crippen LogP) is 2.44. The highest BCUT2D eigenvalue weighted by Gasteiger charge is 2.18. The summed E-state index contributed by atoms with van der Waals surface area (Å²) in [7, 11) is 0. The molecule has 0 aliphatic heterocycles. The van der Waals surface area contributed by atoms with E-state index < -0.39 is 22.3 Å². The van der Waals surface area contributed by atoms with E-state index in [-0.39, 0.29) is 16.5 Å². The number of nitro benzene ring substituents is 1. The number of nitrogens with zero attached hydrogens (tertiary/aromatic N) is 4. The van der Waals surface area contributed by atoms with E-state index in [0.717, 1.165) is 6.07 Å². The molecule has 0 saturated carbocycles. The zero-order valence-electron chi connectivity index (χ0n) is 8.20. The third-order valence-electron chi connectivity index (χ3n) is 1.81. The molecule has 1 aromatic carbocycles. The first-order valence-electron chi connectivity index (χ1n) is 4.19. The van der Waals surface area contributed by atoms with Crippen molar-refractivity contribution in [1.82, 2.24) is 0 Å². The molecule has 0 saturated heterocycles. The highest BCUT2D eigenvalue weighted by atomic mass is 79.9. The van der Waals surface area contributed by atoms with Crippen LogP contribution in [0.5, 0.6) is 5.75 Å². The van der Waals surface area contributed by atoms with Crippen molar-refractivity contribution in [2.75, 3.05) is 0 Å². The van der Waals surface area contributed by atoms with Crippen molar-refractivity contribution in [2.45, 2.75) is 6.42 Å². The maximum absolute atomic E-state index is 11.0. The van der Waals surface area contributed by atoms with Gasteiger partial charge in [-0.1, -0.05) is 0 Å². The maximum atomic E-state index is 11.0. The average Bonchev–Trinajstić information content (AvgIpc) is 2.23. The minimum atomic E-state index is -0.776. The number of carbonyl (C=O) groups is 1. The van der Waals surface area contributed by atoms with Gasteiger partial charge in [-0.2, -0.15) is 0 Å². The van der Waals surface area contributed by atoms with Gasteiger partial charge < -0.3 is 5.11 Å². The van der Waals surface area contributed by atoms with Gasteiger partial charge in [-0.25, -0.2) is 0 Å². The number of hydrogen-bond donors (Lipinski definition) is 1. The van der Waals surface area contributed by atoms with Gasteiger partial charge in [0.05, 0.1) is 9.40 Å². The van der Waals surface area contributed by atoms with Crippen LogP contribution in [-0.4, -0.2) is 15.9 Å². The number of phenolic OH excluding ortho intramolecular Hbond substituents is 1. The molecular weight excluding hydrogens is 296 g/mol. The van der Waals surface area contributed by atoms with Crippen molar-refractivity contribution in [3.63, 3.8) is 0 Å². The Balaban J connectivity index is 3.15. The first-order chi connectivity index (χ1) is 7.95. The Bertz CT molecular complexity index is 539. The molecule has 9 heteroatoms. The summed E-state index contributed by atoms with van der Waals surface area (Å²) in [6.07, 6.45) is -0.274. The fraction of sp³-hybridized carbons (Fsp3) is 0.125. The standard InChI is InChI=1S/C8H5BrN4O4/c9-5-1-4(3-7(14)11-12-10)2-6(8(5)15)13(16)17/h1-2,15H,3H2. The number of amides is 1. The molecule has 8 nitrogen and oxygen atoms in total. The zero-order chi connectivity index (χ0) is 13.0. The number of phenols is 1. The highest BCUT2D eigenvalue weighted by molar-refractivity contribution is 9.10. The predicted molar refractivity (Wildman–Crippen MR) is 60.3 cm³/mol. The van der Waals surface area contributed by atoms with Gasteiger partial charge in [-0.05, 0) is 38.2 Å². The Hall–Kier alpha value is -2.12. The number of nitro groups is 1. The van der Waals surface area contributed by atoms with Gasteiger partial charge in [-0.3, -0.25) is 14.9 Å². The molecule has 0 atom stereocenters. The molecule has 88 valence electrons. The molecule has 1 amide bonds. The molecule has 0 unspecified atom stereocenters. The lowest BCUT2D eigenvalue weighted by Crippen LogP contribution is -1.99. The number of rotatable bonds is 3. The summed E-state index contributed by atoms with van der Waals surface area (Å²) in [5.74, 6) is -1.28. The number of carbonyl (C=O) groups excluding carboxylic acids is 1. The summed E-state index contributed by atoms with van der Waals surface area (Å²) in [6, 6.07) is 2.39. The Labute approximate surface area is 103 Å². The molecule has 0 radical (unpaired) electrons. The molecule has 1 N–H and O–H groups in total.